The van der Waals surface area contributed by atoms with Crippen LogP contribution in [0, 0.1) is 6.92 Å². The molecule has 2 aromatic carbocycles. The molecule has 32 heavy (non-hydrogen) atoms. The van der Waals surface area contributed by atoms with Gasteiger partial charge in [-0.1, -0.05) is 17.7 Å². The molecule has 8 nitrogen and oxygen atoms in total. The van der Waals surface area contributed by atoms with E-state index in [0.717, 1.165) is 44.1 Å². The molecule has 0 spiro atoms. The van der Waals surface area contributed by atoms with Crippen molar-refractivity contribution in [2.24, 2.45) is 0 Å². The maximum atomic E-state index is 12.9. The molecule has 2 aromatic rings. The Kier molecular flexibility index (Phi) is 8.33. The van der Waals surface area contributed by atoms with Crippen molar-refractivity contribution < 1.29 is 14.3 Å². The van der Waals surface area contributed by atoms with E-state index >= 15 is 0 Å². The lowest BCUT2D eigenvalue weighted by atomic mass is 10.1. The van der Waals surface area contributed by atoms with Gasteiger partial charge in [-0.05, 0) is 42.8 Å². The van der Waals surface area contributed by atoms with Crippen molar-refractivity contribution in [2.75, 3.05) is 69.0 Å². The molecule has 0 atom stereocenters. The topological polar surface area (TPSA) is 85.9 Å². The Hall–Kier alpha value is -2.81. The summed E-state index contributed by atoms with van der Waals surface area (Å²) in [5, 5.41) is 9.09. The van der Waals surface area contributed by atoms with Crippen LogP contribution in [-0.4, -0.2) is 70.3 Å². The van der Waals surface area contributed by atoms with Crippen LogP contribution in [0.4, 0.5) is 21.9 Å². The van der Waals surface area contributed by atoms with Crippen LogP contribution in [0.3, 0.4) is 0 Å². The van der Waals surface area contributed by atoms with Crippen LogP contribution in [0.15, 0.2) is 36.4 Å². The molecule has 172 valence electrons. The Morgan fingerprint density at radius 2 is 1.72 bits per heavy atom. The predicted octanol–water partition coefficient (Wildman–Crippen LogP) is 3.42. The number of urea groups is 1. The summed E-state index contributed by atoms with van der Waals surface area (Å²) in [6, 6.07) is 10.2. The van der Waals surface area contributed by atoms with E-state index < -0.39 is 6.03 Å². The van der Waals surface area contributed by atoms with Crippen LogP contribution >= 0.6 is 11.6 Å². The summed E-state index contributed by atoms with van der Waals surface area (Å²) >= 11 is 6.12. The van der Waals surface area contributed by atoms with E-state index in [9.17, 15) is 9.59 Å². The van der Waals surface area contributed by atoms with Gasteiger partial charge in [0.1, 0.15) is 0 Å². The maximum Gasteiger partial charge on any atom is 0.323 e. The van der Waals surface area contributed by atoms with Gasteiger partial charge in [-0.3, -0.25) is 9.69 Å². The molecule has 0 unspecified atom stereocenters. The maximum absolute atomic E-state index is 12.9. The van der Waals surface area contributed by atoms with Crippen LogP contribution in [0.5, 0.6) is 0 Å². The molecule has 0 aliphatic carbocycles. The van der Waals surface area contributed by atoms with E-state index in [2.05, 4.69) is 20.9 Å². The standard InChI is InChI=1S/C23H30ClN5O3/c1-16-4-5-18(15-20(16)24)27-23(31)26-17-6-7-21(28(2)3)19(14-17)22(30)25-8-9-29-10-12-32-13-11-29/h4-7,14-15H,8-13H2,1-3H3,(H,25,30)(H2,26,27,31). The average molecular weight is 460 g/mol. The van der Waals surface area contributed by atoms with E-state index in [1.807, 2.05) is 38.1 Å². The van der Waals surface area contributed by atoms with E-state index in [1.54, 1.807) is 24.3 Å². The minimum atomic E-state index is -0.416. The Labute approximate surface area is 193 Å². The highest BCUT2D eigenvalue weighted by atomic mass is 35.5. The summed E-state index contributed by atoms with van der Waals surface area (Å²) in [5.74, 6) is -0.184. The molecular weight excluding hydrogens is 430 g/mol. The fourth-order valence-electron chi connectivity index (χ4n) is 3.40. The molecule has 1 heterocycles. The van der Waals surface area contributed by atoms with Crippen molar-refractivity contribution in [1.29, 1.82) is 0 Å². The predicted molar refractivity (Wildman–Crippen MR) is 129 cm³/mol. The first-order chi connectivity index (χ1) is 15.3. The number of ether oxygens (including phenoxy) is 1. The van der Waals surface area contributed by atoms with E-state index in [-0.39, 0.29) is 5.91 Å². The molecule has 3 amide bonds. The molecule has 1 saturated heterocycles. The third-order valence-corrected chi connectivity index (χ3v) is 5.64. The van der Waals surface area contributed by atoms with Gasteiger partial charge in [0.05, 0.1) is 18.8 Å². The molecule has 9 heteroatoms. The van der Waals surface area contributed by atoms with Crippen LogP contribution in [-0.2, 0) is 4.74 Å². The van der Waals surface area contributed by atoms with Crippen molar-refractivity contribution in [2.45, 2.75) is 6.92 Å². The summed E-state index contributed by atoms with van der Waals surface area (Å²) in [6.45, 7) is 6.40. The Morgan fingerprint density at radius 1 is 1.06 bits per heavy atom. The van der Waals surface area contributed by atoms with Crippen molar-refractivity contribution in [3.05, 3.63) is 52.5 Å². The molecule has 1 fully saturated rings. The number of nitrogens with one attached hydrogen (secondary N) is 3. The zero-order valence-electron chi connectivity index (χ0n) is 18.7. The largest absolute Gasteiger partial charge is 0.379 e. The molecule has 3 N–H and O–H groups in total. The van der Waals surface area contributed by atoms with Crippen LogP contribution < -0.4 is 20.9 Å². The number of nitrogens with zero attached hydrogens (tertiary/aromatic N) is 2. The Bertz CT molecular complexity index is 961. The third kappa shape index (κ3) is 6.59. The molecule has 0 radical (unpaired) electrons. The van der Waals surface area contributed by atoms with Crippen molar-refractivity contribution in [3.63, 3.8) is 0 Å². The summed E-state index contributed by atoms with van der Waals surface area (Å²) in [5.41, 5.74) is 3.30. The monoisotopic (exact) mass is 459 g/mol. The normalized spacial score (nSPS) is 14.0. The molecule has 1 aliphatic rings. The van der Waals surface area contributed by atoms with E-state index in [4.69, 9.17) is 16.3 Å². The first-order valence-corrected chi connectivity index (χ1v) is 10.9. The minimum Gasteiger partial charge on any atom is -0.379 e. The van der Waals surface area contributed by atoms with Gasteiger partial charge in [-0.2, -0.15) is 0 Å². The molecule has 0 aromatic heterocycles. The molecule has 1 aliphatic heterocycles. The fourth-order valence-corrected chi connectivity index (χ4v) is 3.58. The Balaban J connectivity index is 1.64. The fraction of sp³-hybridized carbons (Fsp3) is 0.391. The minimum absolute atomic E-state index is 0.184. The van der Waals surface area contributed by atoms with Gasteiger partial charge in [-0.15, -0.1) is 0 Å². The highest BCUT2D eigenvalue weighted by molar-refractivity contribution is 6.31. The number of hydrogen-bond acceptors (Lipinski definition) is 5. The Morgan fingerprint density at radius 3 is 2.38 bits per heavy atom. The van der Waals surface area contributed by atoms with Crippen LogP contribution in [0.2, 0.25) is 5.02 Å². The lowest BCUT2D eigenvalue weighted by Crippen LogP contribution is -2.41. The number of carbonyl (C=O) groups is 2. The number of anilines is 3. The second-order valence-electron chi connectivity index (χ2n) is 7.88. The number of carbonyl (C=O) groups excluding carboxylic acids is 2. The zero-order valence-corrected chi connectivity index (χ0v) is 19.5. The first-order valence-electron chi connectivity index (χ1n) is 10.6. The van der Waals surface area contributed by atoms with E-state index in [0.29, 0.717) is 28.5 Å². The van der Waals surface area contributed by atoms with Gasteiger partial charge in [0.25, 0.3) is 5.91 Å². The zero-order chi connectivity index (χ0) is 23.1. The van der Waals surface area contributed by atoms with Crippen molar-refractivity contribution >= 4 is 40.6 Å². The molecule has 0 saturated carbocycles. The van der Waals surface area contributed by atoms with Crippen LogP contribution in [0.25, 0.3) is 0 Å². The number of morpholine rings is 1. The highest BCUT2D eigenvalue weighted by Gasteiger charge is 2.16. The van der Waals surface area contributed by atoms with Crippen molar-refractivity contribution in [1.82, 2.24) is 10.2 Å². The smallest absolute Gasteiger partial charge is 0.323 e. The first kappa shape index (κ1) is 23.8. The summed E-state index contributed by atoms with van der Waals surface area (Å²) < 4.78 is 5.35. The average Bonchev–Trinajstić information content (AvgIpc) is 2.76. The summed E-state index contributed by atoms with van der Waals surface area (Å²) in [6.07, 6.45) is 0. The SMILES string of the molecule is Cc1ccc(NC(=O)Nc2ccc(N(C)C)c(C(=O)NCCN3CCOCC3)c2)cc1Cl. The number of benzene rings is 2. The molecule has 0 bridgehead atoms. The summed E-state index contributed by atoms with van der Waals surface area (Å²) in [7, 11) is 3.75. The van der Waals surface area contributed by atoms with E-state index in [1.165, 1.54) is 0 Å². The van der Waals surface area contributed by atoms with Gasteiger partial charge in [0.2, 0.25) is 0 Å². The lowest BCUT2D eigenvalue weighted by Gasteiger charge is -2.26. The van der Waals surface area contributed by atoms with Gasteiger partial charge in [-0.25, -0.2) is 4.79 Å². The quantitative estimate of drug-likeness (QED) is 0.590. The third-order valence-electron chi connectivity index (χ3n) is 5.23. The second kappa shape index (κ2) is 11.2. The lowest BCUT2D eigenvalue weighted by molar-refractivity contribution is 0.0383. The number of rotatable bonds is 7. The van der Waals surface area contributed by atoms with Gasteiger partial charge < -0.3 is 25.6 Å². The number of amides is 3. The van der Waals surface area contributed by atoms with Gasteiger partial charge >= 0.3 is 6.03 Å². The molecular formula is C23H30ClN5O3. The van der Waals surface area contributed by atoms with Gasteiger partial charge in [0, 0.05) is 62.4 Å². The van der Waals surface area contributed by atoms with Crippen LogP contribution in [0.1, 0.15) is 15.9 Å². The number of halogens is 1. The summed E-state index contributed by atoms with van der Waals surface area (Å²) in [4.78, 5) is 29.4. The highest BCUT2D eigenvalue weighted by Crippen LogP contribution is 2.24. The second-order valence-corrected chi connectivity index (χ2v) is 8.29. The number of hydrogen-bond donors (Lipinski definition) is 3. The van der Waals surface area contributed by atoms with Crippen molar-refractivity contribution in [3.8, 4) is 0 Å². The van der Waals surface area contributed by atoms with Gasteiger partial charge in [0.15, 0.2) is 0 Å². The molecule has 3 rings (SSSR count). The number of aryl methyl sites for hydroxylation is 1.